The predicted octanol–water partition coefficient (Wildman–Crippen LogP) is 1.05. The zero-order valence-corrected chi connectivity index (χ0v) is 11.8. The molecule has 0 aromatic carbocycles. The average Bonchev–Trinajstić information content (AvgIpc) is 3.06. The van der Waals surface area contributed by atoms with Crippen LogP contribution in [-0.4, -0.2) is 43.9 Å². The molecule has 7 heteroatoms. The van der Waals surface area contributed by atoms with Crippen molar-refractivity contribution in [3.8, 4) is 0 Å². The first kappa shape index (κ1) is 14.4. The molecule has 1 aromatic rings. The zero-order chi connectivity index (χ0) is 14.8. The second-order valence-electron chi connectivity index (χ2n) is 5.04. The van der Waals surface area contributed by atoms with E-state index in [9.17, 15) is 9.59 Å². The summed E-state index contributed by atoms with van der Waals surface area (Å²) in [5.74, 6) is -0.958. The molecule has 0 bridgehead atoms. The van der Waals surface area contributed by atoms with Gasteiger partial charge in [-0.25, -0.2) is 9.59 Å². The molecule has 1 aromatic heterocycles. The fourth-order valence-electron chi connectivity index (χ4n) is 2.01. The number of carboxylic acid groups (broad SMARTS) is 1. The van der Waals surface area contributed by atoms with E-state index in [0.29, 0.717) is 25.9 Å². The van der Waals surface area contributed by atoms with Gasteiger partial charge < -0.3 is 15.3 Å². The first-order chi connectivity index (χ1) is 9.50. The van der Waals surface area contributed by atoms with E-state index in [1.807, 2.05) is 20.0 Å². The van der Waals surface area contributed by atoms with Crippen molar-refractivity contribution in [2.75, 3.05) is 6.54 Å². The second kappa shape index (κ2) is 5.52. The van der Waals surface area contributed by atoms with E-state index in [1.54, 1.807) is 15.8 Å². The molecule has 2 amide bonds. The maximum absolute atomic E-state index is 12.1. The molecular formula is C13H20N4O3. The number of carbonyl (C=O) groups excluding carboxylic acids is 1. The number of hydrogen-bond donors (Lipinski definition) is 2. The minimum atomic E-state index is -1.04. The second-order valence-corrected chi connectivity index (χ2v) is 5.04. The third-order valence-electron chi connectivity index (χ3n) is 3.56. The van der Waals surface area contributed by atoms with Crippen LogP contribution in [-0.2, 0) is 17.9 Å². The molecule has 7 nitrogen and oxygen atoms in total. The molecule has 1 aliphatic rings. The molecule has 1 fully saturated rings. The van der Waals surface area contributed by atoms with E-state index in [2.05, 4.69) is 10.4 Å². The van der Waals surface area contributed by atoms with Crippen LogP contribution in [0.3, 0.4) is 0 Å². The third kappa shape index (κ3) is 2.92. The number of amides is 2. The Balaban J connectivity index is 1.97. The Bertz CT molecular complexity index is 507. The first-order valence-corrected chi connectivity index (χ1v) is 6.82. The van der Waals surface area contributed by atoms with E-state index < -0.39 is 11.5 Å². The summed E-state index contributed by atoms with van der Waals surface area (Å²) in [5, 5.41) is 15.9. The fraction of sp³-hybridized carbons (Fsp3) is 0.615. The third-order valence-corrected chi connectivity index (χ3v) is 3.56. The van der Waals surface area contributed by atoms with Gasteiger partial charge in [-0.05, 0) is 26.7 Å². The van der Waals surface area contributed by atoms with Crippen molar-refractivity contribution in [2.24, 2.45) is 0 Å². The fourth-order valence-corrected chi connectivity index (χ4v) is 2.01. The molecule has 2 N–H and O–H groups in total. The van der Waals surface area contributed by atoms with Gasteiger partial charge in [-0.1, -0.05) is 0 Å². The Morgan fingerprint density at radius 3 is 2.65 bits per heavy atom. The number of hydrogen-bond acceptors (Lipinski definition) is 3. The van der Waals surface area contributed by atoms with Crippen LogP contribution in [0.2, 0.25) is 0 Å². The maximum Gasteiger partial charge on any atom is 0.329 e. The highest BCUT2D eigenvalue weighted by molar-refractivity contribution is 5.88. The number of carboxylic acids is 1. The molecule has 1 heterocycles. The van der Waals surface area contributed by atoms with Crippen LogP contribution < -0.4 is 5.32 Å². The van der Waals surface area contributed by atoms with Gasteiger partial charge in [0.05, 0.1) is 12.7 Å². The smallest absolute Gasteiger partial charge is 0.329 e. The quantitative estimate of drug-likeness (QED) is 0.815. The van der Waals surface area contributed by atoms with Crippen molar-refractivity contribution in [1.82, 2.24) is 20.0 Å². The minimum Gasteiger partial charge on any atom is -0.480 e. The van der Waals surface area contributed by atoms with Crippen molar-refractivity contribution in [3.05, 3.63) is 18.0 Å². The topological polar surface area (TPSA) is 87.5 Å². The lowest BCUT2D eigenvalue weighted by Gasteiger charge is -2.23. The molecule has 0 unspecified atom stereocenters. The predicted molar refractivity (Wildman–Crippen MR) is 72.1 cm³/mol. The highest BCUT2D eigenvalue weighted by Gasteiger charge is 2.52. The van der Waals surface area contributed by atoms with Gasteiger partial charge in [0.25, 0.3) is 0 Å². The molecule has 0 spiro atoms. The van der Waals surface area contributed by atoms with Crippen molar-refractivity contribution in [2.45, 2.75) is 45.3 Å². The van der Waals surface area contributed by atoms with Gasteiger partial charge in [0.1, 0.15) is 5.54 Å². The average molecular weight is 280 g/mol. The summed E-state index contributed by atoms with van der Waals surface area (Å²) in [5.41, 5.74) is -0.109. The normalized spacial score (nSPS) is 15.7. The van der Waals surface area contributed by atoms with Gasteiger partial charge in [-0.3, -0.25) is 4.68 Å². The largest absolute Gasteiger partial charge is 0.480 e. The van der Waals surface area contributed by atoms with Crippen LogP contribution in [0.15, 0.2) is 12.4 Å². The zero-order valence-electron chi connectivity index (χ0n) is 11.8. The number of aryl methyl sites for hydroxylation is 1. The number of rotatable bonds is 6. The molecule has 1 saturated carbocycles. The monoisotopic (exact) mass is 280 g/mol. The van der Waals surface area contributed by atoms with E-state index >= 15 is 0 Å². The summed E-state index contributed by atoms with van der Waals surface area (Å²) < 4.78 is 1.79. The Morgan fingerprint density at radius 2 is 2.20 bits per heavy atom. The van der Waals surface area contributed by atoms with Crippen LogP contribution in [0.4, 0.5) is 4.79 Å². The Morgan fingerprint density at radius 1 is 1.50 bits per heavy atom. The summed E-state index contributed by atoms with van der Waals surface area (Å²) in [4.78, 5) is 24.8. The highest BCUT2D eigenvalue weighted by Crippen LogP contribution is 2.35. The van der Waals surface area contributed by atoms with Crippen LogP contribution in [0.25, 0.3) is 0 Å². The summed E-state index contributed by atoms with van der Waals surface area (Å²) in [7, 11) is 0. The lowest BCUT2D eigenvalue weighted by molar-refractivity contribution is -0.140. The SMILES string of the molecule is CCN(Cc1cnn(CC)c1)C(=O)NC1(C(=O)O)CC1. The number of nitrogens with one attached hydrogen (secondary N) is 1. The number of carbonyl (C=O) groups is 2. The first-order valence-electron chi connectivity index (χ1n) is 6.82. The Kier molecular flexibility index (Phi) is 3.96. The van der Waals surface area contributed by atoms with Crippen LogP contribution in [0, 0.1) is 0 Å². The van der Waals surface area contributed by atoms with Gasteiger partial charge in [0, 0.05) is 24.8 Å². The van der Waals surface area contributed by atoms with Crippen molar-refractivity contribution in [3.63, 3.8) is 0 Å². The molecule has 0 aliphatic heterocycles. The standard InChI is InChI=1S/C13H20N4O3/c1-3-16(8-10-7-14-17(4-2)9-10)12(20)15-13(5-6-13)11(18)19/h7,9H,3-6,8H2,1-2H3,(H,15,20)(H,18,19). The van der Waals surface area contributed by atoms with Gasteiger partial charge in [0.15, 0.2) is 0 Å². The Hall–Kier alpha value is -2.05. The molecule has 1 aliphatic carbocycles. The number of aliphatic carboxylic acids is 1. The number of nitrogens with zero attached hydrogens (tertiary/aromatic N) is 3. The van der Waals surface area contributed by atoms with Crippen LogP contribution in [0.5, 0.6) is 0 Å². The molecule has 20 heavy (non-hydrogen) atoms. The van der Waals surface area contributed by atoms with Crippen molar-refractivity contribution >= 4 is 12.0 Å². The molecule has 110 valence electrons. The molecule has 0 radical (unpaired) electrons. The highest BCUT2D eigenvalue weighted by atomic mass is 16.4. The molecular weight excluding hydrogens is 260 g/mol. The van der Waals surface area contributed by atoms with E-state index in [4.69, 9.17) is 5.11 Å². The van der Waals surface area contributed by atoms with E-state index in [-0.39, 0.29) is 6.03 Å². The minimum absolute atomic E-state index is 0.336. The number of aromatic nitrogens is 2. The summed E-state index contributed by atoms with van der Waals surface area (Å²) >= 11 is 0. The van der Waals surface area contributed by atoms with E-state index in [0.717, 1.165) is 12.1 Å². The maximum atomic E-state index is 12.1. The number of urea groups is 1. The van der Waals surface area contributed by atoms with Crippen molar-refractivity contribution in [1.29, 1.82) is 0 Å². The molecule has 0 saturated heterocycles. The van der Waals surface area contributed by atoms with Gasteiger partial charge >= 0.3 is 12.0 Å². The van der Waals surface area contributed by atoms with Crippen LogP contribution >= 0.6 is 0 Å². The van der Waals surface area contributed by atoms with Gasteiger partial charge in [-0.2, -0.15) is 5.10 Å². The summed E-state index contributed by atoms with van der Waals surface area (Å²) in [6.07, 6.45) is 4.61. The van der Waals surface area contributed by atoms with Crippen LogP contribution in [0.1, 0.15) is 32.3 Å². The van der Waals surface area contributed by atoms with Crippen molar-refractivity contribution < 1.29 is 14.7 Å². The lowest BCUT2D eigenvalue weighted by atomic mass is 10.3. The Labute approximate surface area is 117 Å². The van der Waals surface area contributed by atoms with Gasteiger partial charge in [0.2, 0.25) is 0 Å². The summed E-state index contributed by atoms with van der Waals surface area (Å²) in [6.45, 7) is 5.58. The molecule has 2 rings (SSSR count). The molecule has 0 atom stereocenters. The lowest BCUT2D eigenvalue weighted by Crippen LogP contribution is -2.49. The van der Waals surface area contributed by atoms with E-state index in [1.165, 1.54) is 0 Å². The van der Waals surface area contributed by atoms with Gasteiger partial charge in [-0.15, -0.1) is 0 Å². The summed E-state index contributed by atoms with van der Waals surface area (Å²) in [6, 6.07) is -0.336.